The molecule has 0 aromatic heterocycles. The second-order valence-electron chi connectivity index (χ2n) is 7.78. The molecule has 7 heteroatoms. The molecule has 1 atom stereocenters. The summed E-state index contributed by atoms with van der Waals surface area (Å²) < 4.78 is 5.40. The van der Waals surface area contributed by atoms with Gasteiger partial charge in [0.25, 0.3) is 0 Å². The molecule has 2 N–H and O–H groups in total. The minimum absolute atomic E-state index is 0.0764. The number of carbonyl (C=O) groups is 2. The molecule has 0 radical (unpaired) electrons. The van der Waals surface area contributed by atoms with Gasteiger partial charge in [0.1, 0.15) is 5.75 Å². The number of rotatable bonds is 8. The van der Waals surface area contributed by atoms with Crippen molar-refractivity contribution in [2.45, 2.75) is 39.0 Å². The molecular formula is C25H27N3O3S. The molecule has 0 aliphatic carbocycles. The largest absolute Gasteiger partial charge is 0.494 e. The summed E-state index contributed by atoms with van der Waals surface area (Å²) >= 11 is 1.17. The highest BCUT2D eigenvalue weighted by molar-refractivity contribution is 8.03. The van der Waals surface area contributed by atoms with Crippen LogP contribution in [-0.4, -0.2) is 24.2 Å². The van der Waals surface area contributed by atoms with Crippen molar-refractivity contribution in [2.24, 2.45) is 0 Å². The molecule has 0 bridgehead atoms. The molecule has 6 nitrogen and oxygen atoms in total. The molecule has 2 aromatic carbocycles. The number of thioether (sulfide) groups is 1. The molecule has 2 aromatic rings. The van der Waals surface area contributed by atoms with Crippen molar-refractivity contribution >= 4 is 29.3 Å². The van der Waals surface area contributed by atoms with Crippen LogP contribution in [0.15, 0.2) is 59.1 Å². The van der Waals surface area contributed by atoms with E-state index in [1.165, 1.54) is 17.3 Å². The second kappa shape index (κ2) is 10.9. The third-order valence-electron chi connectivity index (χ3n) is 5.16. The minimum atomic E-state index is -0.313. The van der Waals surface area contributed by atoms with E-state index in [4.69, 9.17) is 4.74 Å². The summed E-state index contributed by atoms with van der Waals surface area (Å²) in [6.07, 6.45) is 0.215. The van der Waals surface area contributed by atoms with Crippen LogP contribution in [0.1, 0.15) is 50.2 Å². The average molecular weight is 450 g/mol. The smallest absolute Gasteiger partial charge is 0.234 e. The van der Waals surface area contributed by atoms with E-state index in [2.05, 4.69) is 30.6 Å². The lowest BCUT2D eigenvalue weighted by atomic mass is 9.86. The number of nitrogens with zero attached hydrogens (tertiary/aromatic N) is 1. The Kier molecular flexibility index (Phi) is 7.96. The molecule has 0 saturated heterocycles. The number of hydrogen-bond donors (Lipinski definition) is 2. The quantitative estimate of drug-likeness (QED) is 0.597. The molecule has 0 fully saturated rings. The van der Waals surface area contributed by atoms with Gasteiger partial charge in [-0.25, -0.2) is 0 Å². The summed E-state index contributed by atoms with van der Waals surface area (Å²) in [5.74, 6) is 0.530. The molecule has 32 heavy (non-hydrogen) atoms. The molecule has 1 aliphatic heterocycles. The van der Waals surface area contributed by atoms with Crippen molar-refractivity contribution < 1.29 is 14.3 Å². The first-order valence-corrected chi connectivity index (χ1v) is 11.6. The molecule has 0 saturated carbocycles. The molecule has 166 valence electrons. The van der Waals surface area contributed by atoms with Gasteiger partial charge in [-0.3, -0.25) is 9.59 Å². The van der Waals surface area contributed by atoms with E-state index in [-0.39, 0.29) is 29.9 Å². The van der Waals surface area contributed by atoms with E-state index in [1.54, 1.807) is 24.3 Å². The fraction of sp³-hybridized carbons (Fsp3) is 0.320. The van der Waals surface area contributed by atoms with Crippen molar-refractivity contribution in [1.82, 2.24) is 5.32 Å². The maximum absolute atomic E-state index is 12.4. The van der Waals surface area contributed by atoms with Gasteiger partial charge < -0.3 is 15.4 Å². The Balaban J connectivity index is 1.69. The third-order valence-corrected chi connectivity index (χ3v) is 6.18. The van der Waals surface area contributed by atoms with Crippen LogP contribution in [0.4, 0.5) is 5.69 Å². The van der Waals surface area contributed by atoms with Gasteiger partial charge in [-0.05, 0) is 48.2 Å². The molecule has 0 spiro atoms. The number of anilines is 1. The van der Waals surface area contributed by atoms with Gasteiger partial charge in [-0.2, -0.15) is 5.26 Å². The van der Waals surface area contributed by atoms with Crippen molar-refractivity contribution in [3.63, 3.8) is 0 Å². The van der Waals surface area contributed by atoms with E-state index < -0.39 is 0 Å². The zero-order valence-electron chi connectivity index (χ0n) is 18.5. The number of allylic oxidation sites excluding steroid dienone is 1. The lowest BCUT2D eigenvalue weighted by molar-refractivity contribution is -0.121. The van der Waals surface area contributed by atoms with E-state index in [9.17, 15) is 14.9 Å². The second-order valence-corrected chi connectivity index (χ2v) is 8.76. The van der Waals surface area contributed by atoms with Gasteiger partial charge in [0.05, 0.1) is 29.0 Å². The number of amides is 2. The monoisotopic (exact) mass is 449 g/mol. The van der Waals surface area contributed by atoms with E-state index >= 15 is 0 Å². The van der Waals surface area contributed by atoms with Gasteiger partial charge in [-0.15, -0.1) is 0 Å². The van der Waals surface area contributed by atoms with Gasteiger partial charge >= 0.3 is 0 Å². The van der Waals surface area contributed by atoms with Crippen LogP contribution in [0.3, 0.4) is 0 Å². The number of nitriles is 1. The maximum atomic E-state index is 12.4. The van der Waals surface area contributed by atoms with Crippen LogP contribution < -0.4 is 15.4 Å². The molecule has 1 aliphatic rings. The zero-order chi connectivity index (χ0) is 23.1. The number of nitrogens with one attached hydrogen (secondary N) is 2. The lowest BCUT2D eigenvalue weighted by Gasteiger charge is -2.25. The van der Waals surface area contributed by atoms with Crippen LogP contribution in [0.5, 0.6) is 5.75 Å². The lowest BCUT2D eigenvalue weighted by Crippen LogP contribution is -2.31. The summed E-state index contributed by atoms with van der Waals surface area (Å²) in [6, 6.07) is 17.4. The van der Waals surface area contributed by atoms with Crippen molar-refractivity contribution in [2.75, 3.05) is 17.7 Å². The Labute approximate surface area is 193 Å². The minimum Gasteiger partial charge on any atom is -0.494 e. The number of hydrogen-bond acceptors (Lipinski definition) is 5. The topological polar surface area (TPSA) is 91.2 Å². The summed E-state index contributed by atoms with van der Waals surface area (Å²) in [4.78, 5) is 24.7. The first-order chi connectivity index (χ1) is 15.4. The molecule has 1 heterocycles. The van der Waals surface area contributed by atoms with Crippen molar-refractivity contribution in [1.29, 1.82) is 5.26 Å². The maximum Gasteiger partial charge on any atom is 0.234 e. The molecular weight excluding hydrogens is 422 g/mol. The summed E-state index contributed by atoms with van der Waals surface area (Å²) in [7, 11) is 0. The SMILES string of the molecule is CCOc1ccc(NC(=O)CSC2=C(C#N)C(c3ccc(C(C)C)cc3)CC(=O)N2)cc1. The molecule has 3 rings (SSSR count). The third kappa shape index (κ3) is 5.92. The fourth-order valence-corrected chi connectivity index (χ4v) is 4.34. The van der Waals surface area contributed by atoms with Gasteiger partial charge in [0, 0.05) is 18.0 Å². The van der Waals surface area contributed by atoms with Crippen LogP contribution >= 0.6 is 11.8 Å². The first kappa shape index (κ1) is 23.4. The Morgan fingerprint density at radius 1 is 1.22 bits per heavy atom. The van der Waals surface area contributed by atoms with Gasteiger partial charge in [-0.1, -0.05) is 49.9 Å². The van der Waals surface area contributed by atoms with E-state index in [0.717, 1.165) is 11.3 Å². The molecule has 2 amide bonds. The average Bonchev–Trinajstić information content (AvgIpc) is 2.79. The van der Waals surface area contributed by atoms with Gasteiger partial charge in [0.2, 0.25) is 11.8 Å². The summed E-state index contributed by atoms with van der Waals surface area (Å²) in [5.41, 5.74) is 3.28. The van der Waals surface area contributed by atoms with E-state index in [0.29, 0.717) is 28.8 Å². The van der Waals surface area contributed by atoms with Crippen LogP contribution in [0, 0.1) is 11.3 Å². The first-order valence-electron chi connectivity index (χ1n) is 10.6. The van der Waals surface area contributed by atoms with Crippen LogP contribution in [0.25, 0.3) is 0 Å². The normalized spacial score (nSPS) is 15.8. The Hall–Kier alpha value is -3.24. The number of benzene rings is 2. The fourth-order valence-electron chi connectivity index (χ4n) is 3.47. The highest BCUT2D eigenvalue weighted by Gasteiger charge is 2.30. The van der Waals surface area contributed by atoms with E-state index in [1.807, 2.05) is 31.2 Å². The zero-order valence-corrected chi connectivity index (χ0v) is 19.3. The molecule has 1 unspecified atom stereocenters. The van der Waals surface area contributed by atoms with Gasteiger partial charge in [0.15, 0.2) is 0 Å². The number of carbonyl (C=O) groups excluding carboxylic acids is 2. The number of ether oxygens (including phenoxy) is 1. The van der Waals surface area contributed by atoms with Crippen molar-refractivity contribution in [3.05, 3.63) is 70.3 Å². The highest BCUT2D eigenvalue weighted by atomic mass is 32.2. The standard InChI is InChI=1S/C25H27N3O3S/c1-4-31-20-11-9-19(10-12-20)27-24(30)15-32-25-22(14-26)21(13-23(29)28-25)18-7-5-17(6-8-18)16(2)3/h5-12,16,21H,4,13,15H2,1-3H3,(H,27,30)(H,28,29). The van der Waals surface area contributed by atoms with Crippen molar-refractivity contribution in [3.8, 4) is 11.8 Å². The summed E-state index contributed by atoms with van der Waals surface area (Å²) in [6.45, 7) is 6.73. The Morgan fingerprint density at radius 3 is 2.50 bits per heavy atom. The predicted molar refractivity (Wildman–Crippen MR) is 127 cm³/mol. The highest BCUT2D eigenvalue weighted by Crippen LogP contribution is 2.36. The Morgan fingerprint density at radius 2 is 1.91 bits per heavy atom. The van der Waals surface area contributed by atoms with Crippen LogP contribution in [0.2, 0.25) is 0 Å². The Bertz CT molecular complexity index is 1040. The summed E-state index contributed by atoms with van der Waals surface area (Å²) in [5, 5.41) is 15.8. The predicted octanol–water partition coefficient (Wildman–Crippen LogP) is 4.92. The van der Waals surface area contributed by atoms with Crippen LogP contribution in [-0.2, 0) is 9.59 Å².